The van der Waals surface area contributed by atoms with Crippen LogP contribution in [0.1, 0.15) is 19.9 Å². The fourth-order valence-electron chi connectivity index (χ4n) is 2.48. The maximum Gasteiger partial charge on any atom is 0.316 e. The molecule has 0 saturated carbocycles. The smallest absolute Gasteiger partial charge is 0.316 e. The Hall–Kier alpha value is -2.92. The van der Waals surface area contributed by atoms with E-state index in [1.54, 1.807) is 13.8 Å². The number of nitrogens with one attached hydrogen (secondary N) is 1. The Bertz CT molecular complexity index is 989. The van der Waals surface area contributed by atoms with Gasteiger partial charge in [-0.3, -0.25) is 14.2 Å². The van der Waals surface area contributed by atoms with Crippen molar-refractivity contribution in [1.29, 1.82) is 0 Å². The van der Waals surface area contributed by atoms with Gasteiger partial charge in [0.2, 0.25) is 11.9 Å². The summed E-state index contributed by atoms with van der Waals surface area (Å²) in [5.41, 5.74) is 7.64. The van der Waals surface area contributed by atoms with E-state index < -0.39 is 6.04 Å². The first kappa shape index (κ1) is 20.8. The molecule has 152 valence electrons. The molecule has 0 fully saturated rings. The highest BCUT2D eigenvalue weighted by Crippen LogP contribution is 2.27. The Kier molecular flexibility index (Phi) is 6.83. The van der Waals surface area contributed by atoms with Gasteiger partial charge in [-0.15, -0.1) is 21.5 Å². The molecular weight excluding hydrogens is 412 g/mol. The van der Waals surface area contributed by atoms with Gasteiger partial charge in [-0.25, -0.2) is 4.98 Å². The van der Waals surface area contributed by atoms with Crippen LogP contribution in [-0.2, 0) is 14.3 Å². The molecule has 0 radical (unpaired) electrons. The molecule has 0 aliphatic heterocycles. The number of rotatable bonds is 8. The first-order chi connectivity index (χ1) is 14.0. The zero-order valence-electron chi connectivity index (χ0n) is 15.9. The lowest BCUT2D eigenvalue weighted by Gasteiger charge is -2.15. The van der Waals surface area contributed by atoms with Gasteiger partial charge < -0.3 is 15.8 Å². The number of nitrogens with zero attached hydrogens (tertiary/aromatic N) is 4. The Labute approximate surface area is 175 Å². The van der Waals surface area contributed by atoms with E-state index in [0.29, 0.717) is 16.9 Å². The Morgan fingerprint density at radius 1 is 1.31 bits per heavy atom. The molecule has 0 bridgehead atoms. The average molecular weight is 433 g/mol. The van der Waals surface area contributed by atoms with Gasteiger partial charge in [0.25, 0.3) is 0 Å². The molecule has 9 nitrogen and oxygen atoms in total. The molecule has 1 aromatic carbocycles. The zero-order chi connectivity index (χ0) is 20.8. The number of carbonyl (C=O) groups is 2. The fourth-order valence-corrected chi connectivity index (χ4v) is 4.02. The van der Waals surface area contributed by atoms with Gasteiger partial charge in [0, 0.05) is 10.9 Å². The van der Waals surface area contributed by atoms with Gasteiger partial charge in [-0.2, -0.15) is 0 Å². The third-order valence-corrected chi connectivity index (χ3v) is 5.56. The molecule has 2 aromatic heterocycles. The lowest BCUT2D eigenvalue weighted by atomic mass is 10.2. The standard InChI is InChI=1S/C18H20N6O3S2/c1-3-27-14(25)10-29-18-23-22-16(19)24(18)11(2)15(26)21-17-20-13(9-28-17)12-7-5-4-6-8-12/h4-9,11H,3,10H2,1-2H3,(H2,19,22)(H,20,21,26). The van der Waals surface area contributed by atoms with Crippen LogP contribution >= 0.6 is 23.1 Å². The topological polar surface area (TPSA) is 125 Å². The Balaban J connectivity index is 1.68. The molecule has 11 heteroatoms. The van der Waals surface area contributed by atoms with Crippen molar-refractivity contribution in [2.45, 2.75) is 25.0 Å². The number of carbonyl (C=O) groups excluding carboxylic acids is 2. The number of esters is 1. The summed E-state index contributed by atoms with van der Waals surface area (Å²) in [4.78, 5) is 28.8. The quantitative estimate of drug-likeness (QED) is 0.411. The fraction of sp³-hybridized carbons (Fsp3) is 0.278. The number of nitrogens with two attached hydrogens (primary N) is 1. The molecule has 1 unspecified atom stereocenters. The summed E-state index contributed by atoms with van der Waals surface area (Å²) in [6.07, 6.45) is 0. The highest BCUT2D eigenvalue weighted by Gasteiger charge is 2.23. The maximum atomic E-state index is 12.7. The number of benzene rings is 1. The van der Waals surface area contributed by atoms with Crippen molar-refractivity contribution in [2.75, 3.05) is 23.4 Å². The number of ether oxygens (including phenoxy) is 1. The van der Waals surface area contributed by atoms with E-state index in [-0.39, 0.29) is 23.6 Å². The van der Waals surface area contributed by atoms with Gasteiger partial charge in [-0.1, -0.05) is 42.1 Å². The highest BCUT2D eigenvalue weighted by molar-refractivity contribution is 7.99. The summed E-state index contributed by atoms with van der Waals surface area (Å²) in [5.74, 6) is -0.557. The van der Waals surface area contributed by atoms with Crippen molar-refractivity contribution in [3.05, 3.63) is 35.7 Å². The van der Waals surface area contributed by atoms with Gasteiger partial charge in [0.15, 0.2) is 10.3 Å². The third kappa shape index (κ3) is 5.12. The second-order valence-electron chi connectivity index (χ2n) is 5.87. The van der Waals surface area contributed by atoms with Crippen LogP contribution in [0.3, 0.4) is 0 Å². The second kappa shape index (κ2) is 9.52. The number of amides is 1. The van der Waals surface area contributed by atoms with E-state index in [9.17, 15) is 9.59 Å². The van der Waals surface area contributed by atoms with Gasteiger partial charge in [0.1, 0.15) is 6.04 Å². The third-order valence-electron chi connectivity index (χ3n) is 3.89. The Morgan fingerprint density at radius 2 is 2.07 bits per heavy atom. The van der Waals surface area contributed by atoms with E-state index in [4.69, 9.17) is 10.5 Å². The van der Waals surface area contributed by atoms with Crippen LogP contribution in [0, 0.1) is 0 Å². The summed E-state index contributed by atoms with van der Waals surface area (Å²) in [5, 5.41) is 13.3. The molecule has 0 spiro atoms. The van der Waals surface area contributed by atoms with Crippen LogP contribution in [-0.4, -0.2) is 44.0 Å². The molecule has 29 heavy (non-hydrogen) atoms. The number of thioether (sulfide) groups is 1. The van der Waals surface area contributed by atoms with Crippen LogP contribution in [0.5, 0.6) is 0 Å². The molecule has 0 aliphatic rings. The number of anilines is 2. The van der Waals surface area contributed by atoms with Crippen molar-refractivity contribution in [1.82, 2.24) is 19.7 Å². The number of aromatic nitrogens is 4. The largest absolute Gasteiger partial charge is 0.465 e. The molecule has 0 saturated heterocycles. The second-order valence-corrected chi connectivity index (χ2v) is 7.67. The number of hydrogen-bond donors (Lipinski definition) is 2. The molecule has 3 N–H and O–H groups in total. The Morgan fingerprint density at radius 3 is 2.79 bits per heavy atom. The molecule has 1 atom stereocenters. The van der Waals surface area contributed by atoms with E-state index in [1.807, 2.05) is 35.7 Å². The molecule has 2 heterocycles. The lowest BCUT2D eigenvalue weighted by Crippen LogP contribution is -2.25. The first-order valence-electron chi connectivity index (χ1n) is 8.80. The van der Waals surface area contributed by atoms with Crippen molar-refractivity contribution in [3.8, 4) is 11.3 Å². The maximum absolute atomic E-state index is 12.7. The molecule has 3 rings (SSSR count). The molecule has 1 amide bonds. The van der Waals surface area contributed by atoms with Crippen LogP contribution in [0.2, 0.25) is 0 Å². The van der Waals surface area contributed by atoms with Gasteiger partial charge >= 0.3 is 5.97 Å². The van der Waals surface area contributed by atoms with Gasteiger partial charge in [-0.05, 0) is 13.8 Å². The van der Waals surface area contributed by atoms with Crippen molar-refractivity contribution < 1.29 is 14.3 Å². The number of nitrogen functional groups attached to an aromatic ring is 1. The van der Waals surface area contributed by atoms with Gasteiger partial charge in [0.05, 0.1) is 18.1 Å². The number of thiazole rings is 1. The summed E-state index contributed by atoms with van der Waals surface area (Å²) in [6.45, 7) is 3.71. The van der Waals surface area contributed by atoms with Crippen LogP contribution < -0.4 is 11.1 Å². The minimum atomic E-state index is -0.696. The molecular formula is C18H20N6O3S2. The van der Waals surface area contributed by atoms with Crippen LogP contribution in [0.15, 0.2) is 40.9 Å². The van der Waals surface area contributed by atoms with E-state index in [1.165, 1.54) is 15.9 Å². The van der Waals surface area contributed by atoms with E-state index in [0.717, 1.165) is 23.0 Å². The number of hydrogen-bond acceptors (Lipinski definition) is 9. The van der Waals surface area contributed by atoms with Crippen molar-refractivity contribution >= 4 is 46.1 Å². The summed E-state index contributed by atoms with van der Waals surface area (Å²) >= 11 is 2.45. The van der Waals surface area contributed by atoms with E-state index >= 15 is 0 Å². The predicted octanol–water partition coefficient (Wildman–Crippen LogP) is 2.84. The van der Waals surface area contributed by atoms with Crippen LogP contribution in [0.25, 0.3) is 11.3 Å². The van der Waals surface area contributed by atoms with Crippen molar-refractivity contribution in [3.63, 3.8) is 0 Å². The SMILES string of the molecule is CCOC(=O)CSc1nnc(N)n1C(C)C(=O)Nc1nc(-c2ccccc2)cs1. The average Bonchev–Trinajstić information content (AvgIpc) is 3.33. The normalized spacial score (nSPS) is 11.8. The van der Waals surface area contributed by atoms with Crippen molar-refractivity contribution in [2.24, 2.45) is 0 Å². The minimum absolute atomic E-state index is 0.0488. The monoisotopic (exact) mass is 432 g/mol. The minimum Gasteiger partial charge on any atom is -0.465 e. The highest BCUT2D eigenvalue weighted by atomic mass is 32.2. The molecule has 3 aromatic rings. The zero-order valence-corrected chi connectivity index (χ0v) is 17.5. The van der Waals surface area contributed by atoms with E-state index in [2.05, 4.69) is 20.5 Å². The summed E-state index contributed by atoms with van der Waals surface area (Å²) in [6, 6.07) is 9.00. The molecule has 0 aliphatic carbocycles. The van der Waals surface area contributed by atoms with Crippen LogP contribution in [0.4, 0.5) is 11.1 Å². The summed E-state index contributed by atoms with van der Waals surface area (Å²) in [7, 11) is 0. The first-order valence-corrected chi connectivity index (χ1v) is 10.7. The predicted molar refractivity (Wildman–Crippen MR) is 113 cm³/mol. The summed E-state index contributed by atoms with van der Waals surface area (Å²) < 4.78 is 6.38. The lowest BCUT2D eigenvalue weighted by molar-refractivity contribution is -0.139.